The number of ether oxygens (including phenoxy) is 4. The maximum absolute atomic E-state index is 11.5. The number of carboxylic acids is 1. The van der Waals surface area contributed by atoms with Gasteiger partial charge in [0.05, 0.1) is 43.0 Å². The molecule has 0 saturated carbocycles. The second kappa shape index (κ2) is 21.2. The molecule has 14 unspecified atom stereocenters. The van der Waals surface area contributed by atoms with E-state index in [1.807, 2.05) is 77.2 Å². The van der Waals surface area contributed by atoms with E-state index in [0.717, 1.165) is 6.42 Å². The standard InChI is InChI=1S/C41H66O9/c1-11-26(2)22-28(4)38(46)32(8)40-30(6)34(48-10)25-41(50-40)35(42)23-29(5)39(49-41)31(7)37(45)27(3)20-18-16-14-12-13-15-17-19-21-33(47-9)24-36(43)44/h11-21,27-35,37-40,42,45-46H,22-25H2,1-10H3,(H,43,44)/b13-12?,16-14?,17-15+,20-18?,21-19?,26-11?. The molecule has 2 aliphatic heterocycles. The van der Waals surface area contributed by atoms with Crippen LogP contribution in [0.25, 0.3) is 0 Å². The average Bonchev–Trinajstić information content (AvgIpc) is 3.09. The van der Waals surface area contributed by atoms with Gasteiger partial charge in [0.15, 0.2) is 5.79 Å². The van der Waals surface area contributed by atoms with Gasteiger partial charge in [0.25, 0.3) is 0 Å². The minimum Gasteiger partial charge on any atom is -0.481 e. The molecule has 2 rings (SSSR count). The van der Waals surface area contributed by atoms with Crippen LogP contribution in [0, 0.1) is 35.5 Å². The Balaban J connectivity index is 2.10. The van der Waals surface area contributed by atoms with Crippen molar-refractivity contribution in [1.29, 1.82) is 0 Å². The average molecular weight is 703 g/mol. The fourth-order valence-electron chi connectivity index (χ4n) is 7.42. The number of aliphatic hydroxyl groups excluding tert-OH is 3. The summed E-state index contributed by atoms with van der Waals surface area (Å²) in [5.41, 5.74) is 1.23. The molecular formula is C41H66O9. The first-order valence-corrected chi connectivity index (χ1v) is 18.3. The second-order valence-electron chi connectivity index (χ2n) is 14.7. The van der Waals surface area contributed by atoms with Crippen LogP contribution >= 0.6 is 0 Å². The number of aliphatic carboxylic acids is 1. The quantitative estimate of drug-likeness (QED) is 0.0899. The monoisotopic (exact) mass is 702 g/mol. The molecule has 0 bridgehead atoms. The van der Waals surface area contributed by atoms with Gasteiger partial charge in [0.1, 0.15) is 6.10 Å². The van der Waals surface area contributed by atoms with E-state index >= 15 is 0 Å². The fraction of sp³-hybridized carbons (Fsp3) is 0.683. The molecule has 1 spiro atoms. The highest BCUT2D eigenvalue weighted by molar-refractivity contribution is 5.67. The van der Waals surface area contributed by atoms with Crippen LogP contribution in [0.2, 0.25) is 0 Å². The fourth-order valence-corrected chi connectivity index (χ4v) is 7.42. The van der Waals surface area contributed by atoms with Gasteiger partial charge in [0.2, 0.25) is 0 Å². The molecule has 14 atom stereocenters. The molecule has 2 saturated heterocycles. The molecular weight excluding hydrogens is 636 g/mol. The molecule has 50 heavy (non-hydrogen) atoms. The van der Waals surface area contributed by atoms with Crippen molar-refractivity contribution in [3.05, 3.63) is 72.4 Å². The number of allylic oxidation sites excluding steroid dienone is 10. The lowest BCUT2D eigenvalue weighted by Crippen LogP contribution is -2.65. The highest BCUT2D eigenvalue weighted by Gasteiger charge is 2.57. The lowest BCUT2D eigenvalue weighted by atomic mass is 9.74. The third-order valence-corrected chi connectivity index (χ3v) is 10.8. The normalized spacial score (nSPS) is 32.7. The first-order valence-electron chi connectivity index (χ1n) is 18.3. The third kappa shape index (κ3) is 12.4. The molecule has 0 radical (unpaired) electrons. The summed E-state index contributed by atoms with van der Waals surface area (Å²) in [5.74, 6) is -2.87. The maximum Gasteiger partial charge on any atom is 0.306 e. The van der Waals surface area contributed by atoms with E-state index in [0.29, 0.717) is 12.8 Å². The molecule has 0 aromatic heterocycles. The van der Waals surface area contributed by atoms with E-state index in [2.05, 4.69) is 26.8 Å². The molecule has 2 heterocycles. The van der Waals surface area contributed by atoms with Crippen molar-refractivity contribution in [2.75, 3.05) is 14.2 Å². The Morgan fingerprint density at radius 1 is 0.860 bits per heavy atom. The smallest absolute Gasteiger partial charge is 0.306 e. The van der Waals surface area contributed by atoms with E-state index in [1.165, 1.54) is 12.7 Å². The van der Waals surface area contributed by atoms with E-state index in [1.54, 1.807) is 25.3 Å². The maximum atomic E-state index is 11.5. The molecule has 9 heteroatoms. The number of hydrogen-bond acceptors (Lipinski definition) is 8. The summed E-state index contributed by atoms with van der Waals surface area (Å²) in [7, 11) is 3.16. The Bertz CT molecular complexity index is 1200. The summed E-state index contributed by atoms with van der Waals surface area (Å²) in [5, 5.41) is 43.3. The molecule has 2 aliphatic rings. The summed E-state index contributed by atoms with van der Waals surface area (Å²) in [6.07, 6.45) is 18.4. The van der Waals surface area contributed by atoms with E-state index < -0.39 is 42.3 Å². The van der Waals surface area contributed by atoms with Crippen LogP contribution in [-0.4, -0.2) is 89.1 Å². The summed E-state index contributed by atoms with van der Waals surface area (Å²) >= 11 is 0. The lowest BCUT2D eigenvalue weighted by Gasteiger charge is -2.56. The van der Waals surface area contributed by atoms with Crippen molar-refractivity contribution in [2.24, 2.45) is 35.5 Å². The van der Waals surface area contributed by atoms with Crippen LogP contribution in [0.3, 0.4) is 0 Å². The zero-order valence-corrected chi connectivity index (χ0v) is 32.0. The largest absolute Gasteiger partial charge is 0.481 e. The summed E-state index contributed by atoms with van der Waals surface area (Å²) < 4.78 is 24.6. The zero-order valence-electron chi connectivity index (χ0n) is 32.0. The van der Waals surface area contributed by atoms with E-state index in [-0.39, 0.29) is 54.1 Å². The molecule has 4 N–H and O–H groups in total. The number of rotatable bonds is 18. The minimum atomic E-state index is -1.30. The number of carbonyl (C=O) groups is 1. The van der Waals surface area contributed by atoms with Crippen LogP contribution < -0.4 is 0 Å². The van der Waals surface area contributed by atoms with Crippen LogP contribution in [0.5, 0.6) is 0 Å². The van der Waals surface area contributed by atoms with E-state index in [4.69, 9.17) is 24.1 Å². The summed E-state index contributed by atoms with van der Waals surface area (Å²) in [6.45, 7) is 16.2. The summed E-state index contributed by atoms with van der Waals surface area (Å²) in [6, 6.07) is 0. The number of methoxy groups -OCH3 is 2. The first kappa shape index (κ1) is 43.8. The predicted octanol–water partition coefficient (Wildman–Crippen LogP) is 6.80. The van der Waals surface area contributed by atoms with Gasteiger partial charge >= 0.3 is 5.97 Å². The Hall–Kier alpha value is -2.37. The number of aliphatic hydroxyl groups is 3. The number of carboxylic acid groups (broad SMARTS) is 1. The number of hydrogen-bond donors (Lipinski definition) is 4. The van der Waals surface area contributed by atoms with Gasteiger partial charge in [-0.05, 0) is 38.5 Å². The topological polar surface area (TPSA) is 135 Å². The van der Waals surface area contributed by atoms with Crippen molar-refractivity contribution >= 4 is 5.97 Å². The molecule has 0 aliphatic carbocycles. The van der Waals surface area contributed by atoms with Gasteiger partial charge in [0, 0.05) is 44.3 Å². The van der Waals surface area contributed by atoms with Crippen LogP contribution in [0.1, 0.15) is 81.1 Å². The van der Waals surface area contributed by atoms with Gasteiger partial charge in [-0.25, -0.2) is 0 Å². The van der Waals surface area contributed by atoms with Crippen molar-refractivity contribution < 1.29 is 44.2 Å². The predicted molar refractivity (Wildman–Crippen MR) is 198 cm³/mol. The highest BCUT2D eigenvalue weighted by atomic mass is 16.7. The highest BCUT2D eigenvalue weighted by Crippen LogP contribution is 2.47. The van der Waals surface area contributed by atoms with Gasteiger partial charge in [-0.15, -0.1) is 0 Å². The van der Waals surface area contributed by atoms with Crippen molar-refractivity contribution in [3.63, 3.8) is 0 Å². The Morgan fingerprint density at radius 3 is 1.94 bits per heavy atom. The van der Waals surface area contributed by atoms with Gasteiger partial charge in [-0.3, -0.25) is 4.79 Å². The Labute approximate surface area is 301 Å². The zero-order chi connectivity index (χ0) is 37.6. The van der Waals surface area contributed by atoms with Crippen molar-refractivity contribution in [1.82, 2.24) is 0 Å². The summed E-state index contributed by atoms with van der Waals surface area (Å²) in [4.78, 5) is 10.8. The second-order valence-corrected chi connectivity index (χ2v) is 14.7. The first-order chi connectivity index (χ1) is 23.6. The molecule has 9 nitrogen and oxygen atoms in total. The van der Waals surface area contributed by atoms with Crippen molar-refractivity contribution in [2.45, 2.75) is 130 Å². The van der Waals surface area contributed by atoms with Gasteiger partial charge < -0.3 is 39.4 Å². The Morgan fingerprint density at radius 2 is 1.40 bits per heavy atom. The van der Waals surface area contributed by atoms with Crippen LogP contribution in [-0.2, 0) is 23.7 Å². The van der Waals surface area contributed by atoms with Gasteiger partial charge in [-0.1, -0.05) is 114 Å². The van der Waals surface area contributed by atoms with Crippen LogP contribution in [0.4, 0.5) is 0 Å². The van der Waals surface area contributed by atoms with Crippen LogP contribution in [0.15, 0.2) is 72.4 Å². The molecule has 0 aromatic carbocycles. The van der Waals surface area contributed by atoms with E-state index in [9.17, 15) is 20.1 Å². The molecule has 284 valence electrons. The lowest BCUT2D eigenvalue weighted by molar-refractivity contribution is -0.391. The third-order valence-electron chi connectivity index (χ3n) is 10.8. The molecule has 0 aromatic rings. The van der Waals surface area contributed by atoms with Crippen molar-refractivity contribution in [3.8, 4) is 0 Å². The molecule has 0 amide bonds. The Kier molecular flexibility index (Phi) is 18.6. The SMILES string of the molecule is CC=C(C)CC(C)C(O)C(C)C1OC2(CC(OC)C1C)OC(C(C)C(O)C(C)C=CC=CC=C/C=C/C=CC(CC(=O)O)OC)C(C)CC2O. The minimum absolute atomic E-state index is 0.0174. The van der Waals surface area contributed by atoms with Gasteiger partial charge in [-0.2, -0.15) is 0 Å². The molecule has 2 fully saturated rings.